The third-order valence-corrected chi connectivity index (χ3v) is 19.0. The normalized spacial score (nSPS) is 12.6. The second kappa shape index (κ2) is 76.8. The highest BCUT2D eigenvalue weighted by Crippen LogP contribution is 2.20. The first kappa shape index (κ1) is 85.3. The number of aliphatic hydroxyl groups is 2. The summed E-state index contributed by atoms with van der Waals surface area (Å²) in [6, 6.07) is -0.540. The Morgan fingerprint density at radius 3 is 0.897 bits per heavy atom. The van der Waals surface area contributed by atoms with Crippen LogP contribution in [0.4, 0.5) is 0 Å². The van der Waals surface area contributed by atoms with Gasteiger partial charge < -0.3 is 20.3 Å². The Morgan fingerprint density at radius 2 is 0.575 bits per heavy atom. The molecule has 0 fully saturated rings. The van der Waals surface area contributed by atoms with E-state index < -0.39 is 12.1 Å². The number of hydrogen-bond donors (Lipinski definition) is 3. The Balaban J connectivity index is 3.33. The summed E-state index contributed by atoms with van der Waals surface area (Å²) in [7, 11) is 0. The molecule has 6 heteroatoms. The summed E-state index contributed by atoms with van der Waals surface area (Å²) in [6.07, 6.45) is 98.4. The van der Waals surface area contributed by atoms with Crippen LogP contribution < -0.4 is 5.32 Å². The van der Waals surface area contributed by atoms with Crippen LogP contribution in [0.1, 0.15) is 457 Å². The lowest BCUT2D eigenvalue weighted by molar-refractivity contribution is -0.143. The molecule has 3 N–H and O–H groups in total. The predicted octanol–water partition coefficient (Wildman–Crippen LogP) is 26.4. The molecule has 0 saturated carbocycles. The molecule has 0 aromatic carbocycles. The molecule has 0 saturated heterocycles. The summed E-state index contributed by atoms with van der Waals surface area (Å²) in [5, 5.41) is 23.5. The van der Waals surface area contributed by atoms with Crippen molar-refractivity contribution in [1.82, 2.24) is 5.32 Å². The number of hydrogen-bond acceptors (Lipinski definition) is 5. The van der Waals surface area contributed by atoms with Gasteiger partial charge in [0.25, 0.3) is 0 Å². The van der Waals surface area contributed by atoms with Gasteiger partial charge in [0.1, 0.15) is 0 Å². The molecule has 0 aromatic rings. The molecule has 0 aromatic heterocycles. The van der Waals surface area contributed by atoms with E-state index in [1.807, 2.05) is 0 Å². The van der Waals surface area contributed by atoms with E-state index >= 15 is 0 Å². The number of amides is 1. The molecule has 0 spiro atoms. The molecule has 0 rings (SSSR count). The van der Waals surface area contributed by atoms with Crippen LogP contribution in [0.5, 0.6) is 0 Å². The van der Waals surface area contributed by atoms with Crippen LogP contribution in [0.2, 0.25) is 0 Å². The van der Waals surface area contributed by atoms with Gasteiger partial charge in [0.15, 0.2) is 0 Å². The van der Waals surface area contributed by atoms with Crippen LogP contribution in [0.3, 0.4) is 0 Å². The highest BCUT2D eigenvalue weighted by Gasteiger charge is 2.20. The van der Waals surface area contributed by atoms with E-state index in [2.05, 4.69) is 43.5 Å². The fraction of sp³-hybridized carbons (Fsp3) is 0.926. The van der Waals surface area contributed by atoms with Crippen molar-refractivity contribution in [3.63, 3.8) is 0 Å². The van der Waals surface area contributed by atoms with E-state index in [9.17, 15) is 19.8 Å². The van der Waals surface area contributed by atoms with Gasteiger partial charge in [-0.1, -0.05) is 411 Å². The second-order valence-electron chi connectivity index (χ2n) is 27.8. The van der Waals surface area contributed by atoms with E-state index in [0.717, 1.165) is 51.4 Å². The van der Waals surface area contributed by atoms with E-state index in [4.69, 9.17) is 4.74 Å². The monoisotopic (exact) mass is 1220 g/mol. The molecule has 0 aliphatic rings. The number of nitrogens with one attached hydrogen (secondary N) is 1. The zero-order chi connectivity index (χ0) is 62.8. The zero-order valence-corrected chi connectivity index (χ0v) is 59.3. The summed E-state index contributed by atoms with van der Waals surface area (Å²) < 4.78 is 5.52. The van der Waals surface area contributed by atoms with Crippen molar-refractivity contribution in [3.05, 3.63) is 24.3 Å². The van der Waals surface area contributed by atoms with Gasteiger partial charge in [-0.2, -0.15) is 0 Å². The van der Waals surface area contributed by atoms with Crippen molar-refractivity contribution in [3.8, 4) is 0 Å². The first-order chi connectivity index (χ1) is 43.0. The topological polar surface area (TPSA) is 95.9 Å². The maximum atomic E-state index is 12.6. The van der Waals surface area contributed by atoms with Gasteiger partial charge in [-0.3, -0.25) is 9.59 Å². The first-order valence-electron chi connectivity index (χ1n) is 40.1. The minimum atomic E-state index is -0.663. The third kappa shape index (κ3) is 73.3. The minimum Gasteiger partial charge on any atom is -0.466 e. The quantitative estimate of drug-likeness (QED) is 0.0320. The summed E-state index contributed by atoms with van der Waals surface area (Å²) in [6.45, 7) is 4.98. The lowest BCUT2D eigenvalue weighted by Gasteiger charge is -2.22. The summed E-state index contributed by atoms with van der Waals surface area (Å²) >= 11 is 0. The molecule has 0 aliphatic carbocycles. The molecular formula is C81H157NO5. The molecule has 516 valence electrons. The molecule has 2 unspecified atom stereocenters. The van der Waals surface area contributed by atoms with Crippen molar-refractivity contribution in [1.29, 1.82) is 0 Å². The van der Waals surface area contributed by atoms with E-state index in [-0.39, 0.29) is 18.5 Å². The van der Waals surface area contributed by atoms with Gasteiger partial charge in [-0.25, -0.2) is 0 Å². The Bertz CT molecular complexity index is 1360. The van der Waals surface area contributed by atoms with Crippen molar-refractivity contribution < 1.29 is 24.5 Å². The number of carbonyl (C=O) groups is 2. The number of rotatable bonds is 76. The van der Waals surface area contributed by atoms with Gasteiger partial charge in [0.05, 0.1) is 25.4 Å². The summed E-state index contributed by atoms with van der Waals surface area (Å²) in [5.41, 5.74) is 0. The highest BCUT2D eigenvalue weighted by molar-refractivity contribution is 5.76. The van der Waals surface area contributed by atoms with Crippen molar-refractivity contribution in [2.45, 2.75) is 469 Å². The van der Waals surface area contributed by atoms with Crippen LogP contribution >= 0.6 is 0 Å². The molecule has 6 nitrogen and oxygen atoms in total. The average Bonchev–Trinajstić information content (AvgIpc) is 3.52. The second-order valence-corrected chi connectivity index (χ2v) is 27.8. The number of esters is 1. The zero-order valence-electron chi connectivity index (χ0n) is 59.3. The first-order valence-corrected chi connectivity index (χ1v) is 40.1. The van der Waals surface area contributed by atoms with E-state index in [1.165, 1.54) is 372 Å². The minimum absolute atomic E-state index is 0.0169. The van der Waals surface area contributed by atoms with Gasteiger partial charge in [0, 0.05) is 12.8 Å². The molecule has 87 heavy (non-hydrogen) atoms. The Hall–Kier alpha value is -1.66. The van der Waals surface area contributed by atoms with E-state index in [1.54, 1.807) is 0 Å². The predicted molar refractivity (Wildman–Crippen MR) is 384 cm³/mol. The maximum Gasteiger partial charge on any atom is 0.305 e. The SMILES string of the molecule is CCCCC/C=C\C/C=C\CCCCCCCCCCCC(=O)OCCCCCCCCCCCCCCCCCCCCCCCCCCCCCCCC(=O)NC(CO)C(O)CCCCCCCCCCCCCCCCCCCCCCCC. The fourth-order valence-corrected chi connectivity index (χ4v) is 12.9. The summed E-state index contributed by atoms with van der Waals surface area (Å²) in [5.74, 6) is -0.00897. The number of carbonyl (C=O) groups excluding carboxylic acids is 2. The van der Waals surface area contributed by atoms with Crippen LogP contribution in [0, 0.1) is 0 Å². The van der Waals surface area contributed by atoms with Crippen LogP contribution in [-0.2, 0) is 14.3 Å². The maximum absolute atomic E-state index is 12.6. The lowest BCUT2D eigenvalue weighted by Crippen LogP contribution is -2.45. The largest absolute Gasteiger partial charge is 0.466 e. The summed E-state index contributed by atoms with van der Waals surface area (Å²) in [4.78, 5) is 24.7. The Morgan fingerprint density at radius 1 is 0.322 bits per heavy atom. The number of unbranched alkanes of at least 4 members (excludes halogenated alkanes) is 61. The van der Waals surface area contributed by atoms with Gasteiger partial charge in [-0.15, -0.1) is 0 Å². The van der Waals surface area contributed by atoms with Crippen molar-refractivity contribution in [2.24, 2.45) is 0 Å². The standard InChI is InChI=1S/C81H157NO5/c1-3-5-7-9-11-13-15-17-19-21-23-24-34-38-41-45-49-53-57-61-65-69-73-79(84)78(77-83)82-80(85)74-70-66-62-58-54-50-46-42-39-35-32-30-28-26-25-27-29-31-33-36-40-44-48-52-56-60-64-68-72-76-87-81(86)75-71-67-63-59-55-51-47-43-37-22-20-18-16-14-12-10-8-6-4-2/h12,14,18,20,78-79,83-84H,3-11,13,15-17,19,21-77H2,1-2H3,(H,82,85)/b14-12-,20-18-. The number of allylic oxidation sites excluding steroid dienone is 4. The molecule has 1 amide bonds. The van der Waals surface area contributed by atoms with E-state index in [0.29, 0.717) is 25.9 Å². The van der Waals surface area contributed by atoms with Gasteiger partial charge in [0.2, 0.25) is 5.91 Å². The third-order valence-electron chi connectivity index (χ3n) is 19.0. The van der Waals surface area contributed by atoms with Crippen LogP contribution in [0.15, 0.2) is 24.3 Å². The molecule has 0 heterocycles. The smallest absolute Gasteiger partial charge is 0.305 e. The van der Waals surface area contributed by atoms with Crippen LogP contribution in [0.25, 0.3) is 0 Å². The van der Waals surface area contributed by atoms with Crippen LogP contribution in [-0.4, -0.2) is 47.4 Å². The molecule has 0 radical (unpaired) electrons. The number of ether oxygens (including phenoxy) is 1. The molecular weight excluding hydrogens is 1070 g/mol. The van der Waals surface area contributed by atoms with Gasteiger partial charge in [-0.05, 0) is 57.8 Å². The van der Waals surface area contributed by atoms with Crippen molar-refractivity contribution >= 4 is 11.9 Å². The lowest BCUT2D eigenvalue weighted by atomic mass is 10.0. The molecule has 0 bridgehead atoms. The highest BCUT2D eigenvalue weighted by atomic mass is 16.5. The molecule has 2 atom stereocenters. The van der Waals surface area contributed by atoms with Crippen molar-refractivity contribution in [2.75, 3.05) is 13.2 Å². The fourth-order valence-electron chi connectivity index (χ4n) is 12.9. The molecule has 0 aliphatic heterocycles. The Kier molecular flexibility index (Phi) is 75.3. The number of aliphatic hydroxyl groups excluding tert-OH is 2. The Labute approximate surface area is 545 Å². The van der Waals surface area contributed by atoms with Gasteiger partial charge >= 0.3 is 5.97 Å². The average molecular weight is 1230 g/mol.